The Hall–Kier alpha value is -1.90. The molecule has 7 nitrogen and oxygen atoms in total. The fraction of sp³-hybridized carbons (Fsp3) is 0.500. The first-order chi connectivity index (χ1) is 13.0. The maximum Gasteiger partial charge on any atom is 0.319 e. The van der Waals surface area contributed by atoms with Gasteiger partial charge in [0.2, 0.25) is 0 Å². The molecular weight excluding hydrogens is 426 g/mol. The Bertz CT molecular complexity index is 912. The number of ketones is 1. The van der Waals surface area contributed by atoms with Gasteiger partial charge in [0.05, 0.1) is 23.3 Å². The second kappa shape index (κ2) is 7.85. The molecule has 1 aliphatic rings. The van der Waals surface area contributed by atoms with E-state index >= 15 is 0 Å². The Morgan fingerprint density at radius 2 is 2.04 bits per heavy atom. The van der Waals surface area contributed by atoms with Crippen LogP contribution in [0.4, 0.5) is 10.5 Å². The van der Waals surface area contributed by atoms with E-state index in [1.165, 1.54) is 6.92 Å². The zero-order valence-electron chi connectivity index (χ0n) is 16.5. The predicted molar refractivity (Wildman–Crippen MR) is 112 cm³/mol. The van der Waals surface area contributed by atoms with E-state index in [2.05, 4.69) is 26.6 Å². The minimum absolute atomic E-state index is 0.0920. The molecule has 28 heavy (non-hydrogen) atoms. The van der Waals surface area contributed by atoms with Crippen molar-refractivity contribution in [3.63, 3.8) is 0 Å². The van der Waals surface area contributed by atoms with Gasteiger partial charge in [0.25, 0.3) is 0 Å². The Kier molecular flexibility index (Phi) is 5.84. The van der Waals surface area contributed by atoms with E-state index in [1.54, 1.807) is 16.8 Å². The number of aliphatic hydroxyl groups excluding tert-OH is 1. The van der Waals surface area contributed by atoms with E-state index in [0.717, 1.165) is 18.4 Å². The lowest BCUT2D eigenvalue weighted by molar-refractivity contribution is -0.171. The van der Waals surface area contributed by atoms with Crippen LogP contribution in [0.1, 0.15) is 50.9 Å². The number of nitrogens with one attached hydrogen (secondary N) is 2. The largest absolute Gasteiger partial charge is 0.366 e. The van der Waals surface area contributed by atoms with Crippen molar-refractivity contribution < 1.29 is 19.4 Å². The first-order valence-corrected chi connectivity index (χ1v) is 10.1. The molecule has 152 valence electrons. The quantitative estimate of drug-likeness (QED) is 0.456. The van der Waals surface area contributed by atoms with Gasteiger partial charge < -0.3 is 25.0 Å². The van der Waals surface area contributed by atoms with Gasteiger partial charge in [-0.15, -0.1) is 0 Å². The van der Waals surface area contributed by atoms with Gasteiger partial charge in [-0.25, -0.2) is 4.79 Å². The molecule has 1 fully saturated rings. The fourth-order valence-corrected chi connectivity index (χ4v) is 3.45. The number of anilines is 1. The van der Waals surface area contributed by atoms with E-state index in [1.807, 2.05) is 26.8 Å². The summed E-state index contributed by atoms with van der Waals surface area (Å²) >= 11 is 3.49. The molecule has 1 saturated carbocycles. The van der Waals surface area contributed by atoms with Crippen molar-refractivity contribution in [3.8, 4) is 0 Å². The number of carbonyl (C=O) groups is 2. The van der Waals surface area contributed by atoms with Gasteiger partial charge in [-0.3, -0.25) is 4.79 Å². The van der Waals surface area contributed by atoms with Gasteiger partial charge in [-0.1, -0.05) is 0 Å². The molecule has 3 N–H and O–H groups in total. The van der Waals surface area contributed by atoms with Crippen LogP contribution in [0.25, 0.3) is 10.9 Å². The number of carbonyl (C=O) groups excluding carboxylic acids is 2. The SMILES string of the molecule is CC(=O)c1cn(CC(O)OC(C)(C)C)c2cc(Br)c(NC(=O)NC3CC3)cc12. The number of rotatable bonds is 6. The van der Waals surface area contributed by atoms with E-state index in [9.17, 15) is 14.7 Å². The van der Waals surface area contributed by atoms with E-state index in [-0.39, 0.29) is 24.4 Å². The van der Waals surface area contributed by atoms with Crippen LogP contribution in [0.15, 0.2) is 22.8 Å². The molecule has 0 spiro atoms. The first kappa shape index (κ1) is 20.8. The average molecular weight is 452 g/mol. The summed E-state index contributed by atoms with van der Waals surface area (Å²) in [6.45, 7) is 7.28. The van der Waals surface area contributed by atoms with Crippen molar-refractivity contribution >= 4 is 44.3 Å². The van der Waals surface area contributed by atoms with E-state index in [4.69, 9.17) is 4.74 Å². The van der Waals surface area contributed by atoms with Crippen molar-refractivity contribution in [2.75, 3.05) is 5.32 Å². The molecule has 1 aromatic heterocycles. The molecule has 0 bridgehead atoms. The molecule has 8 heteroatoms. The van der Waals surface area contributed by atoms with Crippen LogP contribution < -0.4 is 10.6 Å². The monoisotopic (exact) mass is 451 g/mol. The number of urea groups is 1. The Labute approximate surface area is 172 Å². The fourth-order valence-electron chi connectivity index (χ4n) is 3.02. The lowest BCUT2D eigenvalue weighted by atomic mass is 10.1. The van der Waals surface area contributed by atoms with Gasteiger partial charge in [0.1, 0.15) is 0 Å². The van der Waals surface area contributed by atoms with Gasteiger partial charge in [0.15, 0.2) is 12.1 Å². The number of hydrogen-bond donors (Lipinski definition) is 3. The number of Topliss-reactive ketones (excluding diaryl/α,β-unsaturated/α-hetero) is 1. The van der Waals surface area contributed by atoms with Gasteiger partial charge >= 0.3 is 6.03 Å². The second-order valence-corrected chi connectivity index (χ2v) is 9.01. The summed E-state index contributed by atoms with van der Waals surface area (Å²) in [6, 6.07) is 3.59. The lowest BCUT2D eigenvalue weighted by Gasteiger charge is -2.24. The van der Waals surface area contributed by atoms with Crippen LogP contribution in [0.5, 0.6) is 0 Å². The topological polar surface area (TPSA) is 92.6 Å². The molecule has 1 heterocycles. The number of hydrogen-bond acceptors (Lipinski definition) is 4. The number of halogens is 1. The number of ether oxygens (including phenoxy) is 1. The lowest BCUT2D eigenvalue weighted by Crippen LogP contribution is -2.30. The van der Waals surface area contributed by atoms with Gasteiger partial charge in [-0.2, -0.15) is 0 Å². The third kappa shape index (κ3) is 5.12. The summed E-state index contributed by atoms with van der Waals surface area (Å²) in [5.74, 6) is -0.0920. The Morgan fingerprint density at radius 3 is 2.61 bits per heavy atom. The van der Waals surface area contributed by atoms with Gasteiger partial charge in [0, 0.05) is 27.7 Å². The number of aliphatic hydroxyl groups is 1. The Morgan fingerprint density at radius 1 is 1.36 bits per heavy atom. The molecule has 1 unspecified atom stereocenters. The third-order valence-corrected chi connectivity index (χ3v) is 5.01. The third-order valence-electron chi connectivity index (χ3n) is 4.35. The maximum atomic E-state index is 12.1. The molecule has 0 radical (unpaired) electrons. The molecule has 2 aromatic rings. The Balaban J connectivity index is 1.92. The molecule has 1 aliphatic carbocycles. The van der Waals surface area contributed by atoms with Crippen LogP contribution in [-0.4, -0.2) is 39.4 Å². The van der Waals surface area contributed by atoms with Crippen LogP contribution in [0, 0.1) is 0 Å². The number of benzene rings is 1. The molecule has 0 aliphatic heterocycles. The highest BCUT2D eigenvalue weighted by atomic mass is 79.9. The van der Waals surface area contributed by atoms with Crippen LogP contribution in [0.3, 0.4) is 0 Å². The van der Waals surface area contributed by atoms with Crippen LogP contribution in [0.2, 0.25) is 0 Å². The van der Waals surface area contributed by atoms with Gasteiger partial charge in [-0.05, 0) is 68.6 Å². The normalized spacial score (nSPS) is 15.5. The summed E-state index contributed by atoms with van der Waals surface area (Å²) in [5, 5.41) is 16.7. The molecule has 2 amide bonds. The maximum absolute atomic E-state index is 12.1. The number of aromatic nitrogens is 1. The van der Waals surface area contributed by atoms with Crippen molar-refractivity contribution in [1.29, 1.82) is 0 Å². The summed E-state index contributed by atoms with van der Waals surface area (Å²) in [4.78, 5) is 24.2. The number of amides is 2. The molecule has 1 aromatic carbocycles. The molecule has 1 atom stereocenters. The van der Waals surface area contributed by atoms with Crippen molar-refractivity contribution in [2.45, 2.75) is 65.0 Å². The minimum atomic E-state index is -1.02. The summed E-state index contributed by atoms with van der Waals surface area (Å²) in [7, 11) is 0. The molecule has 0 saturated heterocycles. The minimum Gasteiger partial charge on any atom is -0.366 e. The first-order valence-electron chi connectivity index (χ1n) is 9.30. The zero-order valence-corrected chi connectivity index (χ0v) is 18.1. The van der Waals surface area contributed by atoms with Crippen molar-refractivity contribution in [2.24, 2.45) is 0 Å². The van der Waals surface area contributed by atoms with Crippen molar-refractivity contribution in [3.05, 3.63) is 28.4 Å². The van der Waals surface area contributed by atoms with E-state index in [0.29, 0.717) is 21.1 Å². The highest BCUT2D eigenvalue weighted by Crippen LogP contribution is 2.32. The number of fused-ring (bicyclic) bond motifs is 1. The predicted octanol–water partition coefficient (Wildman–Crippen LogP) is 4.02. The summed E-state index contributed by atoms with van der Waals surface area (Å²) in [5.41, 5.74) is 1.38. The highest BCUT2D eigenvalue weighted by Gasteiger charge is 2.24. The zero-order chi connectivity index (χ0) is 20.6. The molecule has 3 rings (SSSR count). The van der Waals surface area contributed by atoms with Crippen molar-refractivity contribution in [1.82, 2.24) is 9.88 Å². The molecular formula is C20H26BrN3O4. The number of nitrogens with zero attached hydrogens (tertiary/aromatic N) is 1. The standard InChI is InChI=1S/C20H26BrN3O4/c1-11(25)14-9-24(10-18(26)28-20(2,3)4)17-8-15(21)16(7-13(14)17)23-19(27)22-12-5-6-12/h7-9,12,18,26H,5-6,10H2,1-4H3,(H2,22,23,27). The van der Waals surface area contributed by atoms with E-state index < -0.39 is 11.9 Å². The van der Waals surface area contributed by atoms with Crippen LogP contribution in [-0.2, 0) is 11.3 Å². The van der Waals surface area contributed by atoms with Crippen LogP contribution >= 0.6 is 15.9 Å². The summed E-state index contributed by atoms with van der Waals surface area (Å²) < 4.78 is 8.06. The second-order valence-electron chi connectivity index (χ2n) is 8.16. The average Bonchev–Trinajstić information content (AvgIpc) is 3.28. The highest BCUT2D eigenvalue weighted by molar-refractivity contribution is 9.10. The summed E-state index contributed by atoms with van der Waals surface area (Å²) in [6.07, 6.45) is 2.70. The smallest absolute Gasteiger partial charge is 0.319 e.